The monoisotopic (exact) mass is 371 g/mol. The molecule has 0 aliphatic heterocycles. The summed E-state index contributed by atoms with van der Waals surface area (Å²) in [5.41, 5.74) is 0.979. The van der Waals surface area contributed by atoms with Gasteiger partial charge in [0.25, 0.3) is 0 Å². The molecule has 0 amide bonds. The lowest BCUT2D eigenvalue weighted by Gasteiger charge is -2.12. The maximum absolute atomic E-state index is 12.4. The van der Waals surface area contributed by atoms with Crippen molar-refractivity contribution >= 4 is 36.9 Å². The molecule has 2 aromatic rings. The van der Waals surface area contributed by atoms with Crippen LogP contribution in [0.3, 0.4) is 0 Å². The highest BCUT2D eigenvalue weighted by Crippen LogP contribution is 2.38. The first kappa shape index (κ1) is 15.0. The molecule has 0 spiro atoms. The second kappa shape index (κ2) is 5.37. The first-order chi connectivity index (χ1) is 9.92. The third kappa shape index (κ3) is 2.86. The van der Waals surface area contributed by atoms with Crippen molar-refractivity contribution < 1.29 is 8.42 Å². The van der Waals surface area contributed by atoms with Gasteiger partial charge in [-0.15, -0.1) is 0 Å². The first-order valence-corrected chi connectivity index (χ1v) is 9.40. The SMILES string of the molecule is CCC(C)NS(=O)(=O)c1ccc2c(c1)c(Br)nn2C1CC1. The van der Waals surface area contributed by atoms with Crippen LogP contribution in [0.1, 0.15) is 39.2 Å². The molecule has 1 atom stereocenters. The quantitative estimate of drug-likeness (QED) is 0.877. The van der Waals surface area contributed by atoms with Crippen molar-refractivity contribution in [3.05, 3.63) is 22.8 Å². The zero-order chi connectivity index (χ0) is 15.2. The van der Waals surface area contributed by atoms with Gasteiger partial charge in [0.15, 0.2) is 0 Å². The Morgan fingerprint density at radius 3 is 2.81 bits per heavy atom. The molecule has 21 heavy (non-hydrogen) atoms. The van der Waals surface area contributed by atoms with Crippen LogP contribution in [0.4, 0.5) is 0 Å². The highest BCUT2D eigenvalue weighted by atomic mass is 79.9. The van der Waals surface area contributed by atoms with Gasteiger partial charge < -0.3 is 0 Å². The van der Waals surface area contributed by atoms with E-state index in [1.54, 1.807) is 12.1 Å². The summed E-state index contributed by atoms with van der Waals surface area (Å²) in [6.45, 7) is 3.81. The Hall–Kier alpha value is -0.920. The third-order valence-electron chi connectivity index (χ3n) is 3.80. The van der Waals surface area contributed by atoms with Crippen LogP contribution in [0.2, 0.25) is 0 Å². The Labute approximate surface area is 132 Å². The summed E-state index contributed by atoms with van der Waals surface area (Å²) in [5, 5.41) is 5.31. The number of aromatic nitrogens is 2. The average molecular weight is 372 g/mol. The van der Waals surface area contributed by atoms with Crippen molar-refractivity contribution in [1.29, 1.82) is 0 Å². The number of hydrogen-bond donors (Lipinski definition) is 1. The van der Waals surface area contributed by atoms with Crippen LogP contribution in [0.25, 0.3) is 10.9 Å². The lowest BCUT2D eigenvalue weighted by atomic mass is 10.2. The number of hydrogen-bond acceptors (Lipinski definition) is 3. The van der Waals surface area contributed by atoms with E-state index in [1.165, 1.54) is 0 Å². The Balaban J connectivity index is 2.03. The van der Waals surface area contributed by atoms with E-state index >= 15 is 0 Å². The number of sulfonamides is 1. The number of fused-ring (bicyclic) bond motifs is 1. The van der Waals surface area contributed by atoms with Crippen molar-refractivity contribution in [2.24, 2.45) is 0 Å². The normalized spacial score (nSPS) is 17.3. The van der Waals surface area contributed by atoms with Gasteiger partial charge in [-0.3, -0.25) is 4.68 Å². The third-order valence-corrected chi connectivity index (χ3v) is 5.98. The molecule has 1 saturated carbocycles. The minimum Gasteiger partial charge on any atom is -0.261 e. The van der Waals surface area contributed by atoms with Crippen molar-refractivity contribution in [2.45, 2.75) is 50.1 Å². The molecule has 1 unspecified atom stereocenters. The van der Waals surface area contributed by atoms with Crippen LogP contribution in [-0.4, -0.2) is 24.2 Å². The molecule has 1 aliphatic rings. The molecule has 5 nitrogen and oxygen atoms in total. The van der Waals surface area contributed by atoms with Gasteiger partial charge in [0, 0.05) is 11.4 Å². The zero-order valence-electron chi connectivity index (χ0n) is 12.0. The van der Waals surface area contributed by atoms with Crippen molar-refractivity contribution in [2.75, 3.05) is 0 Å². The fourth-order valence-electron chi connectivity index (χ4n) is 2.26. The van der Waals surface area contributed by atoms with Gasteiger partial charge >= 0.3 is 0 Å². The van der Waals surface area contributed by atoms with E-state index in [4.69, 9.17) is 0 Å². The van der Waals surface area contributed by atoms with E-state index < -0.39 is 10.0 Å². The van der Waals surface area contributed by atoms with Crippen LogP contribution in [0.5, 0.6) is 0 Å². The molecule has 1 aliphatic carbocycles. The molecule has 1 N–H and O–H groups in total. The van der Waals surface area contributed by atoms with Gasteiger partial charge in [-0.1, -0.05) is 6.92 Å². The van der Waals surface area contributed by atoms with E-state index in [1.807, 2.05) is 24.6 Å². The van der Waals surface area contributed by atoms with Crippen LogP contribution in [0.15, 0.2) is 27.7 Å². The molecule has 1 heterocycles. The molecule has 3 rings (SSSR count). The number of halogens is 1. The topological polar surface area (TPSA) is 64.0 Å². The van der Waals surface area contributed by atoms with Crippen molar-refractivity contribution in [3.8, 4) is 0 Å². The molecular weight excluding hydrogens is 354 g/mol. The van der Waals surface area contributed by atoms with Gasteiger partial charge in [0.05, 0.1) is 16.5 Å². The zero-order valence-corrected chi connectivity index (χ0v) is 14.4. The van der Waals surface area contributed by atoms with Crippen LogP contribution in [0, 0.1) is 0 Å². The minimum absolute atomic E-state index is 0.0803. The number of rotatable bonds is 5. The second-order valence-electron chi connectivity index (χ2n) is 5.58. The maximum Gasteiger partial charge on any atom is 0.240 e. The summed E-state index contributed by atoms with van der Waals surface area (Å²) in [4.78, 5) is 0.284. The molecule has 1 fully saturated rings. The first-order valence-electron chi connectivity index (χ1n) is 7.12. The molecule has 7 heteroatoms. The molecule has 1 aromatic heterocycles. The van der Waals surface area contributed by atoms with Gasteiger partial charge in [-0.05, 0) is 60.3 Å². The Kier molecular flexibility index (Phi) is 3.83. The fourth-order valence-corrected chi connectivity index (χ4v) is 4.10. The second-order valence-corrected chi connectivity index (χ2v) is 8.04. The summed E-state index contributed by atoms with van der Waals surface area (Å²) < 4.78 is 30.1. The number of benzene rings is 1. The summed E-state index contributed by atoms with van der Waals surface area (Å²) in [6.07, 6.45) is 3.03. The Bertz CT molecular complexity index is 781. The lowest BCUT2D eigenvalue weighted by molar-refractivity contribution is 0.556. The lowest BCUT2D eigenvalue weighted by Crippen LogP contribution is -2.31. The van der Waals surface area contributed by atoms with Crippen LogP contribution in [-0.2, 0) is 10.0 Å². The Morgan fingerprint density at radius 1 is 1.48 bits per heavy atom. The summed E-state index contributed by atoms with van der Waals surface area (Å²) >= 11 is 3.43. The van der Waals surface area contributed by atoms with Crippen LogP contribution >= 0.6 is 15.9 Å². The largest absolute Gasteiger partial charge is 0.261 e. The van der Waals surface area contributed by atoms with E-state index in [2.05, 4.69) is 25.8 Å². The van der Waals surface area contributed by atoms with Crippen LogP contribution < -0.4 is 4.72 Å². The summed E-state index contributed by atoms with van der Waals surface area (Å²) in [7, 11) is -3.48. The maximum atomic E-state index is 12.4. The minimum atomic E-state index is -3.48. The molecule has 1 aromatic carbocycles. The van der Waals surface area contributed by atoms with Gasteiger partial charge in [0.1, 0.15) is 4.60 Å². The predicted octanol–water partition coefficient (Wildman–Crippen LogP) is 3.21. The number of nitrogens with zero attached hydrogens (tertiary/aromatic N) is 2. The molecule has 0 saturated heterocycles. The van der Waals surface area contributed by atoms with Gasteiger partial charge in [-0.2, -0.15) is 5.10 Å². The van der Waals surface area contributed by atoms with Crippen molar-refractivity contribution in [3.63, 3.8) is 0 Å². The fraction of sp³-hybridized carbons (Fsp3) is 0.500. The van der Waals surface area contributed by atoms with Gasteiger partial charge in [-0.25, -0.2) is 13.1 Å². The summed E-state index contributed by atoms with van der Waals surface area (Å²) in [5.74, 6) is 0. The van der Waals surface area contributed by atoms with E-state index in [0.717, 1.165) is 30.2 Å². The smallest absolute Gasteiger partial charge is 0.240 e. The van der Waals surface area contributed by atoms with E-state index in [-0.39, 0.29) is 10.9 Å². The molecular formula is C14H18BrN3O2S. The Morgan fingerprint density at radius 2 is 2.19 bits per heavy atom. The highest BCUT2D eigenvalue weighted by Gasteiger charge is 2.27. The van der Waals surface area contributed by atoms with E-state index in [9.17, 15) is 8.42 Å². The van der Waals surface area contributed by atoms with Gasteiger partial charge in [0.2, 0.25) is 10.0 Å². The molecule has 0 radical (unpaired) electrons. The van der Waals surface area contributed by atoms with E-state index in [0.29, 0.717) is 10.6 Å². The standard InChI is InChI=1S/C14H18BrN3O2S/c1-3-9(2)17-21(19,20)11-6-7-13-12(8-11)14(15)16-18(13)10-4-5-10/h6-10,17H,3-5H2,1-2H3. The predicted molar refractivity (Wildman–Crippen MR) is 85.8 cm³/mol. The molecule has 114 valence electrons. The average Bonchev–Trinajstić information content (AvgIpc) is 3.23. The van der Waals surface area contributed by atoms with Crippen molar-refractivity contribution in [1.82, 2.24) is 14.5 Å². The molecule has 0 bridgehead atoms. The number of nitrogens with one attached hydrogen (secondary N) is 1. The summed E-state index contributed by atoms with van der Waals surface area (Å²) in [6, 6.07) is 5.56. The highest BCUT2D eigenvalue weighted by molar-refractivity contribution is 9.10.